The largest absolute Gasteiger partial charge is 0.304 e. The Morgan fingerprint density at radius 2 is 1.56 bits per heavy atom. The van der Waals surface area contributed by atoms with E-state index in [4.69, 9.17) is 11.6 Å². The van der Waals surface area contributed by atoms with Gasteiger partial charge < -0.3 is 4.90 Å². The highest BCUT2D eigenvalue weighted by Crippen LogP contribution is 2.19. The van der Waals surface area contributed by atoms with Gasteiger partial charge in [0.15, 0.2) is 0 Å². The fraction of sp³-hybridized carbons (Fsp3) is 0.333. The summed E-state index contributed by atoms with van der Waals surface area (Å²) in [5.41, 5.74) is 1.73. The van der Waals surface area contributed by atoms with E-state index in [2.05, 4.69) is 21.6 Å². The van der Waals surface area contributed by atoms with Gasteiger partial charge in [0, 0.05) is 43.4 Å². The summed E-state index contributed by atoms with van der Waals surface area (Å²) < 4.78 is 27.4. The van der Waals surface area contributed by atoms with Gasteiger partial charge in [0.05, 0.1) is 4.90 Å². The normalized spacial score (nSPS) is 16.7. The number of piperazine rings is 1. The van der Waals surface area contributed by atoms with Crippen LogP contribution in [-0.4, -0.2) is 51.4 Å². The average Bonchev–Trinajstić information content (AvgIpc) is 2.59. The molecule has 1 aliphatic heterocycles. The third-order valence-corrected chi connectivity index (χ3v) is 5.98. The van der Waals surface area contributed by atoms with Crippen molar-refractivity contribution >= 4 is 27.3 Å². The number of anilines is 1. The lowest BCUT2D eigenvalue weighted by atomic mass is 10.2. The Labute approximate surface area is 154 Å². The van der Waals surface area contributed by atoms with Gasteiger partial charge in [-0.1, -0.05) is 23.7 Å². The molecule has 25 heavy (non-hydrogen) atoms. The Hall–Kier alpha value is -1.60. The summed E-state index contributed by atoms with van der Waals surface area (Å²) in [5, 5.41) is 0.507. The minimum Gasteiger partial charge on any atom is -0.304 e. The van der Waals surface area contributed by atoms with Gasteiger partial charge in [0.2, 0.25) is 0 Å². The molecule has 7 heteroatoms. The molecule has 1 N–H and O–H groups in total. The average molecular weight is 380 g/mol. The first-order valence-electron chi connectivity index (χ1n) is 8.21. The number of hydrogen-bond donors (Lipinski definition) is 1. The zero-order valence-electron chi connectivity index (χ0n) is 14.2. The minimum atomic E-state index is -3.60. The maximum absolute atomic E-state index is 12.4. The molecule has 0 radical (unpaired) electrons. The van der Waals surface area contributed by atoms with E-state index in [1.807, 2.05) is 12.1 Å². The summed E-state index contributed by atoms with van der Waals surface area (Å²) in [5.74, 6) is 0. The zero-order chi connectivity index (χ0) is 17.9. The third kappa shape index (κ3) is 4.95. The van der Waals surface area contributed by atoms with Crippen LogP contribution in [0.5, 0.6) is 0 Å². The monoisotopic (exact) mass is 379 g/mol. The SMILES string of the molecule is CN1CCN(Cc2ccc(NS(=O)(=O)c3ccc(Cl)cc3)cc2)CC1. The number of halogens is 1. The van der Waals surface area contributed by atoms with Crippen molar-refractivity contribution in [3.63, 3.8) is 0 Å². The predicted octanol–water partition coefficient (Wildman–Crippen LogP) is 2.89. The highest BCUT2D eigenvalue weighted by molar-refractivity contribution is 7.92. The molecule has 5 nitrogen and oxygen atoms in total. The van der Waals surface area contributed by atoms with Crippen molar-refractivity contribution in [2.24, 2.45) is 0 Å². The maximum atomic E-state index is 12.4. The van der Waals surface area contributed by atoms with Gasteiger partial charge in [0.1, 0.15) is 0 Å². The molecular formula is C18H22ClN3O2S. The van der Waals surface area contributed by atoms with Crippen molar-refractivity contribution < 1.29 is 8.42 Å². The van der Waals surface area contributed by atoms with Crippen LogP contribution < -0.4 is 4.72 Å². The lowest BCUT2D eigenvalue weighted by Crippen LogP contribution is -2.43. The van der Waals surface area contributed by atoms with Gasteiger partial charge in [-0.25, -0.2) is 8.42 Å². The van der Waals surface area contributed by atoms with E-state index in [0.29, 0.717) is 10.7 Å². The first kappa shape index (κ1) is 18.2. The molecule has 1 heterocycles. The standard InChI is InChI=1S/C18H22ClN3O2S/c1-21-10-12-22(13-11-21)14-15-2-6-17(7-3-15)20-25(23,24)18-8-4-16(19)5-9-18/h2-9,20H,10-14H2,1H3. The van der Waals surface area contributed by atoms with Crippen LogP contribution in [-0.2, 0) is 16.6 Å². The molecule has 134 valence electrons. The summed E-state index contributed by atoms with van der Waals surface area (Å²) in [6.45, 7) is 5.17. The number of rotatable bonds is 5. The second kappa shape index (κ2) is 7.74. The van der Waals surface area contributed by atoms with Crippen molar-refractivity contribution in [3.05, 3.63) is 59.1 Å². The first-order valence-corrected chi connectivity index (χ1v) is 10.1. The van der Waals surface area contributed by atoms with Crippen LogP contribution in [0, 0.1) is 0 Å². The Balaban J connectivity index is 1.63. The van der Waals surface area contributed by atoms with Crippen molar-refractivity contribution in [2.45, 2.75) is 11.4 Å². The molecule has 0 unspecified atom stereocenters. The van der Waals surface area contributed by atoms with Crippen LogP contribution in [0.2, 0.25) is 5.02 Å². The fourth-order valence-electron chi connectivity index (χ4n) is 2.77. The molecule has 0 atom stereocenters. The van der Waals surface area contributed by atoms with Crippen LogP contribution in [0.3, 0.4) is 0 Å². The summed E-state index contributed by atoms with van der Waals surface area (Å²) in [6.07, 6.45) is 0. The van der Waals surface area contributed by atoms with Crippen molar-refractivity contribution in [3.8, 4) is 0 Å². The topological polar surface area (TPSA) is 52.6 Å². The van der Waals surface area contributed by atoms with Crippen LogP contribution in [0.15, 0.2) is 53.4 Å². The predicted molar refractivity (Wildman–Crippen MR) is 101 cm³/mol. The van der Waals surface area contributed by atoms with Gasteiger partial charge in [-0.05, 0) is 49.0 Å². The zero-order valence-corrected chi connectivity index (χ0v) is 15.7. The summed E-state index contributed by atoms with van der Waals surface area (Å²) in [7, 11) is -1.46. The van der Waals surface area contributed by atoms with E-state index in [1.54, 1.807) is 24.3 Å². The molecule has 1 aliphatic rings. The molecule has 1 fully saturated rings. The smallest absolute Gasteiger partial charge is 0.261 e. The molecule has 0 spiro atoms. The highest BCUT2D eigenvalue weighted by atomic mass is 35.5. The molecule has 2 aromatic rings. The quantitative estimate of drug-likeness (QED) is 0.867. The van der Waals surface area contributed by atoms with Gasteiger partial charge >= 0.3 is 0 Å². The minimum absolute atomic E-state index is 0.193. The number of nitrogens with zero attached hydrogens (tertiary/aromatic N) is 2. The summed E-state index contributed by atoms with van der Waals surface area (Å²) in [6, 6.07) is 13.7. The molecule has 0 aliphatic carbocycles. The van der Waals surface area contributed by atoms with Crippen LogP contribution in [0.4, 0.5) is 5.69 Å². The van der Waals surface area contributed by atoms with E-state index in [1.165, 1.54) is 17.7 Å². The fourth-order valence-corrected chi connectivity index (χ4v) is 3.95. The highest BCUT2D eigenvalue weighted by Gasteiger charge is 2.15. The Kier molecular flexibility index (Phi) is 5.64. The van der Waals surface area contributed by atoms with Gasteiger partial charge in [-0.2, -0.15) is 0 Å². The van der Waals surface area contributed by atoms with E-state index in [9.17, 15) is 8.42 Å². The van der Waals surface area contributed by atoms with E-state index in [0.717, 1.165) is 32.7 Å². The Morgan fingerprint density at radius 3 is 2.16 bits per heavy atom. The maximum Gasteiger partial charge on any atom is 0.261 e. The van der Waals surface area contributed by atoms with E-state index in [-0.39, 0.29) is 4.90 Å². The number of benzene rings is 2. The molecule has 0 aromatic heterocycles. The molecular weight excluding hydrogens is 358 g/mol. The van der Waals surface area contributed by atoms with Gasteiger partial charge in [-0.15, -0.1) is 0 Å². The summed E-state index contributed by atoms with van der Waals surface area (Å²) in [4.78, 5) is 4.93. The number of sulfonamides is 1. The second-order valence-corrected chi connectivity index (χ2v) is 8.45. The molecule has 0 bridgehead atoms. The third-order valence-electron chi connectivity index (χ3n) is 4.33. The van der Waals surface area contributed by atoms with Crippen molar-refractivity contribution in [1.29, 1.82) is 0 Å². The molecule has 0 amide bonds. The van der Waals surface area contributed by atoms with Gasteiger partial charge in [0.25, 0.3) is 10.0 Å². The lowest BCUT2D eigenvalue weighted by Gasteiger charge is -2.32. The Bertz CT molecular complexity index is 799. The first-order chi connectivity index (χ1) is 11.9. The van der Waals surface area contributed by atoms with Crippen LogP contribution >= 0.6 is 11.6 Å². The Morgan fingerprint density at radius 1 is 0.960 bits per heavy atom. The van der Waals surface area contributed by atoms with Crippen molar-refractivity contribution in [2.75, 3.05) is 37.9 Å². The van der Waals surface area contributed by atoms with Crippen LogP contribution in [0.1, 0.15) is 5.56 Å². The summed E-state index contributed by atoms with van der Waals surface area (Å²) >= 11 is 5.81. The van der Waals surface area contributed by atoms with Crippen LogP contribution in [0.25, 0.3) is 0 Å². The molecule has 2 aromatic carbocycles. The number of nitrogens with one attached hydrogen (secondary N) is 1. The number of likely N-dealkylation sites (N-methyl/N-ethyl adjacent to an activating group) is 1. The van der Waals surface area contributed by atoms with E-state index < -0.39 is 10.0 Å². The van der Waals surface area contributed by atoms with E-state index >= 15 is 0 Å². The molecule has 3 rings (SSSR count). The molecule has 1 saturated heterocycles. The van der Waals surface area contributed by atoms with Crippen molar-refractivity contribution in [1.82, 2.24) is 9.80 Å². The lowest BCUT2D eigenvalue weighted by molar-refractivity contribution is 0.148. The van der Waals surface area contributed by atoms with Gasteiger partial charge in [-0.3, -0.25) is 9.62 Å². The number of hydrogen-bond acceptors (Lipinski definition) is 4. The second-order valence-electron chi connectivity index (χ2n) is 6.34. The molecule has 0 saturated carbocycles.